The Hall–Kier alpha value is -2.16. The van der Waals surface area contributed by atoms with Gasteiger partial charge in [0.2, 0.25) is 17.7 Å². The number of para-hydroxylation sites is 1. The second kappa shape index (κ2) is 8.89. The fraction of sp³-hybridized carbons (Fsp3) is 0.625. The zero-order chi connectivity index (χ0) is 24.0. The van der Waals surface area contributed by atoms with E-state index in [1.165, 1.54) is 0 Å². The summed E-state index contributed by atoms with van der Waals surface area (Å²) in [5, 5.41) is 15.1. The monoisotopic (exact) mass is 477 g/mol. The van der Waals surface area contributed by atoms with Gasteiger partial charge in [0.15, 0.2) is 0 Å². The van der Waals surface area contributed by atoms with E-state index >= 15 is 0 Å². The van der Waals surface area contributed by atoms with Crippen LogP contribution in [0.1, 0.15) is 39.5 Å². The van der Waals surface area contributed by atoms with E-state index in [0.717, 1.165) is 6.42 Å². The maximum Gasteiger partial charge on any atom is 0.250 e. The molecule has 0 aliphatic carbocycles. The zero-order valence-corrected chi connectivity index (χ0v) is 20.0. The lowest BCUT2D eigenvalue weighted by Crippen LogP contribution is -2.54. The molecule has 1 spiro atoms. The number of amides is 3. The van der Waals surface area contributed by atoms with Crippen molar-refractivity contribution in [2.24, 2.45) is 17.8 Å². The number of aliphatic hydroxyl groups excluding tert-OH is 1. The Morgan fingerprint density at radius 1 is 1.24 bits per heavy atom. The summed E-state index contributed by atoms with van der Waals surface area (Å²) in [5.41, 5.74) is -1.44. The summed E-state index contributed by atoms with van der Waals surface area (Å²) in [7, 11) is 1.56. The third-order valence-corrected chi connectivity index (χ3v) is 8.11. The summed E-state index contributed by atoms with van der Waals surface area (Å²) >= 11 is 6.27. The molecule has 0 radical (unpaired) electrons. The number of benzene rings is 1. The van der Waals surface area contributed by atoms with Gasteiger partial charge in [0.25, 0.3) is 0 Å². The third kappa shape index (κ3) is 3.63. The molecule has 8 nitrogen and oxygen atoms in total. The first kappa shape index (κ1) is 24.0. The Morgan fingerprint density at radius 3 is 2.64 bits per heavy atom. The molecule has 3 saturated heterocycles. The molecule has 3 amide bonds. The topological polar surface area (TPSA) is 108 Å². The van der Waals surface area contributed by atoms with E-state index in [1.54, 1.807) is 36.2 Å². The fourth-order valence-corrected chi connectivity index (χ4v) is 6.35. The molecule has 180 valence electrons. The minimum absolute atomic E-state index is 0.00574. The van der Waals surface area contributed by atoms with Gasteiger partial charge in [0.05, 0.1) is 28.1 Å². The molecule has 4 rings (SSSR count). The predicted molar refractivity (Wildman–Crippen MR) is 124 cm³/mol. The van der Waals surface area contributed by atoms with Crippen LogP contribution in [-0.2, 0) is 19.1 Å². The molecular weight excluding hydrogens is 446 g/mol. The maximum atomic E-state index is 13.8. The number of hydrogen-bond acceptors (Lipinski definition) is 5. The maximum absolute atomic E-state index is 13.8. The largest absolute Gasteiger partial charge is 0.396 e. The number of hydrogen-bond donors (Lipinski definition) is 3. The molecule has 3 heterocycles. The molecule has 3 N–H and O–H groups in total. The number of anilines is 1. The number of carbonyl (C=O) groups is 3. The summed E-state index contributed by atoms with van der Waals surface area (Å²) in [5.74, 6) is -2.22. The summed E-state index contributed by atoms with van der Waals surface area (Å²) in [6.45, 7) is 4.33. The number of likely N-dealkylation sites (tertiary alicyclic amines) is 1. The molecule has 0 aromatic heterocycles. The van der Waals surface area contributed by atoms with Crippen LogP contribution >= 0.6 is 11.6 Å². The van der Waals surface area contributed by atoms with Crippen molar-refractivity contribution < 1.29 is 24.2 Å². The van der Waals surface area contributed by atoms with Crippen molar-refractivity contribution >= 4 is 35.0 Å². The molecule has 3 aliphatic heterocycles. The number of fused-ring (bicyclic) bond motifs is 1. The molecule has 1 aromatic rings. The first-order valence-electron chi connectivity index (χ1n) is 11.6. The van der Waals surface area contributed by atoms with E-state index in [9.17, 15) is 14.4 Å². The van der Waals surface area contributed by atoms with Crippen molar-refractivity contribution in [1.29, 1.82) is 0 Å². The summed E-state index contributed by atoms with van der Waals surface area (Å²) in [6.07, 6.45) is 2.51. The summed E-state index contributed by atoms with van der Waals surface area (Å²) < 4.78 is 6.59. The highest BCUT2D eigenvalue weighted by Gasteiger charge is 2.79. The SMILES string of the molecule is CNC(=O)[C@H]1[C@H]2C(=O)N(CCCCCO)C(C(=O)Nc3ccccc3Cl)C23CC(C)[C@]1(C)O3. The lowest BCUT2D eigenvalue weighted by Gasteiger charge is -2.36. The molecule has 33 heavy (non-hydrogen) atoms. The van der Waals surface area contributed by atoms with Gasteiger partial charge >= 0.3 is 0 Å². The van der Waals surface area contributed by atoms with Gasteiger partial charge in [0, 0.05) is 20.2 Å². The molecular formula is C24H32ClN3O5. The molecule has 3 fully saturated rings. The third-order valence-electron chi connectivity index (χ3n) is 7.78. The Bertz CT molecular complexity index is 958. The lowest BCUT2D eigenvalue weighted by atomic mass is 9.62. The van der Waals surface area contributed by atoms with E-state index in [-0.39, 0.29) is 30.2 Å². The van der Waals surface area contributed by atoms with E-state index in [1.807, 2.05) is 13.8 Å². The number of halogens is 1. The molecule has 3 aliphatic rings. The highest BCUT2D eigenvalue weighted by atomic mass is 35.5. The highest BCUT2D eigenvalue weighted by Crippen LogP contribution is 2.65. The van der Waals surface area contributed by atoms with Gasteiger partial charge in [-0.3, -0.25) is 14.4 Å². The van der Waals surface area contributed by atoms with Crippen LogP contribution in [0.4, 0.5) is 5.69 Å². The number of carbonyl (C=O) groups excluding carboxylic acids is 3. The van der Waals surface area contributed by atoms with Crippen LogP contribution in [0, 0.1) is 17.8 Å². The van der Waals surface area contributed by atoms with Gasteiger partial charge < -0.3 is 25.4 Å². The summed E-state index contributed by atoms with van der Waals surface area (Å²) in [4.78, 5) is 42.0. The van der Waals surface area contributed by atoms with Crippen LogP contribution in [0.3, 0.4) is 0 Å². The molecule has 0 saturated carbocycles. The molecule has 3 unspecified atom stereocenters. The van der Waals surface area contributed by atoms with Crippen LogP contribution in [0.5, 0.6) is 0 Å². The van der Waals surface area contributed by atoms with E-state index in [0.29, 0.717) is 36.5 Å². The van der Waals surface area contributed by atoms with Crippen LogP contribution in [0.2, 0.25) is 5.02 Å². The number of nitrogens with one attached hydrogen (secondary N) is 2. The second-order valence-electron chi connectivity index (χ2n) is 9.60. The number of unbranched alkanes of at least 4 members (excludes halogenated alkanes) is 2. The molecule has 2 bridgehead atoms. The van der Waals surface area contributed by atoms with Gasteiger partial charge in [-0.05, 0) is 50.7 Å². The zero-order valence-electron chi connectivity index (χ0n) is 19.3. The van der Waals surface area contributed by atoms with Crippen LogP contribution in [-0.4, -0.2) is 65.2 Å². The number of rotatable bonds is 8. The van der Waals surface area contributed by atoms with Gasteiger partial charge in [-0.1, -0.05) is 30.7 Å². The minimum Gasteiger partial charge on any atom is -0.396 e. The van der Waals surface area contributed by atoms with Crippen molar-refractivity contribution in [2.75, 3.05) is 25.5 Å². The summed E-state index contributed by atoms with van der Waals surface area (Å²) in [6, 6.07) is 6.07. The van der Waals surface area contributed by atoms with E-state index in [2.05, 4.69) is 10.6 Å². The van der Waals surface area contributed by atoms with Crippen molar-refractivity contribution in [3.8, 4) is 0 Å². The number of nitrogens with zero attached hydrogens (tertiary/aromatic N) is 1. The van der Waals surface area contributed by atoms with Crippen LogP contribution in [0.15, 0.2) is 24.3 Å². The number of ether oxygens (including phenoxy) is 1. The molecule has 6 atom stereocenters. The average Bonchev–Trinajstić information content (AvgIpc) is 3.29. The standard InChI is InChI=1S/C24H32ClN3O5/c1-14-13-24-18(17(20(30)26-3)23(14,2)33-24)22(32)28(11-7-4-8-12-29)19(24)21(31)27-16-10-6-5-9-15(16)25/h5-6,9-10,14,17-19,29H,4,7-8,11-13H2,1-3H3,(H,26,30)(H,27,31)/t14?,17-,18+,19?,23+,24?/m1/s1. The second-order valence-corrected chi connectivity index (χ2v) is 10.0. The van der Waals surface area contributed by atoms with Gasteiger partial charge in [-0.2, -0.15) is 0 Å². The van der Waals surface area contributed by atoms with Crippen molar-refractivity contribution in [3.05, 3.63) is 29.3 Å². The first-order valence-corrected chi connectivity index (χ1v) is 12.0. The Morgan fingerprint density at radius 2 is 1.97 bits per heavy atom. The predicted octanol–water partition coefficient (Wildman–Crippen LogP) is 2.20. The Kier molecular flexibility index (Phi) is 6.46. The van der Waals surface area contributed by atoms with Gasteiger partial charge in [0.1, 0.15) is 11.6 Å². The minimum atomic E-state index is -1.08. The van der Waals surface area contributed by atoms with Crippen LogP contribution in [0.25, 0.3) is 0 Å². The Labute approximate surface area is 199 Å². The van der Waals surface area contributed by atoms with Gasteiger partial charge in [-0.25, -0.2) is 0 Å². The quantitative estimate of drug-likeness (QED) is 0.497. The molecule has 1 aromatic carbocycles. The number of aliphatic hydroxyl groups is 1. The van der Waals surface area contributed by atoms with Crippen molar-refractivity contribution in [2.45, 2.75) is 56.8 Å². The smallest absolute Gasteiger partial charge is 0.250 e. The van der Waals surface area contributed by atoms with Crippen LogP contribution < -0.4 is 10.6 Å². The fourth-order valence-electron chi connectivity index (χ4n) is 6.17. The van der Waals surface area contributed by atoms with E-state index < -0.39 is 29.1 Å². The first-order chi connectivity index (χ1) is 15.7. The lowest BCUT2D eigenvalue weighted by molar-refractivity contribution is -0.146. The van der Waals surface area contributed by atoms with Gasteiger partial charge in [-0.15, -0.1) is 0 Å². The van der Waals surface area contributed by atoms with Crippen molar-refractivity contribution in [3.63, 3.8) is 0 Å². The van der Waals surface area contributed by atoms with Crippen molar-refractivity contribution in [1.82, 2.24) is 10.2 Å². The van der Waals surface area contributed by atoms with E-state index in [4.69, 9.17) is 21.4 Å². The molecule has 9 heteroatoms. The highest BCUT2D eigenvalue weighted by molar-refractivity contribution is 6.33. The average molecular weight is 478 g/mol. The Balaban J connectivity index is 1.72. The normalized spacial score (nSPS) is 34.5.